The summed E-state index contributed by atoms with van der Waals surface area (Å²) < 4.78 is 0. The maximum absolute atomic E-state index is 10.9. The van der Waals surface area contributed by atoms with Gasteiger partial charge in [-0.15, -0.1) is 0 Å². The molecule has 0 spiro atoms. The van der Waals surface area contributed by atoms with Gasteiger partial charge in [-0.25, -0.2) is 9.79 Å². The molecule has 1 heterocycles. The second-order valence-electron chi connectivity index (χ2n) is 4.85. The van der Waals surface area contributed by atoms with Crippen LogP contribution in [0.3, 0.4) is 0 Å². The third-order valence-electron chi connectivity index (χ3n) is 1.86. The molecule has 0 unspecified atom stereocenters. The van der Waals surface area contributed by atoms with Crippen molar-refractivity contribution >= 4 is 12.0 Å². The Balaban J connectivity index is 2.73. The van der Waals surface area contributed by atoms with E-state index in [4.69, 9.17) is 5.73 Å². The zero-order valence-electron chi connectivity index (χ0n) is 10.9. The molecular formula is C12H19N5O. The number of urea groups is 1. The van der Waals surface area contributed by atoms with Crippen LogP contribution in [0.5, 0.6) is 0 Å². The molecule has 0 atom stereocenters. The summed E-state index contributed by atoms with van der Waals surface area (Å²) in [5.74, 6) is 0.348. The van der Waals surface area contributed by atoms with Gasteiger partial charge in [0, 0.05) is 11.7 Å². The highest BCUT2D eigenvalue weighted by Crippen LogP contribution is 2.00. The number of rotatable bonds is 2. The van der Waals surface area contributed by atoms with Crippen molar-refractivity contribution in [2.75, 3.05) is 0 Å². The molecule has 0 aliphatic rings. The first kappa shape index (κ1) is 14.0. The van der Waals surface area contributed by atoms with Crippen LogP contribution < -0.4 is 16.4 Å². The molecule has 2 amide bonds. The Hall–Kier alpha value is -2.11. The number of carbonyl (C=O) groups is 1. The van der Waals surface area contributed by atoms with Crippen molar-refractivity contribution in [3.05, 3.63) is 30.1 Å². The number of nitrogens with one attached hydrogen (secondary N) is 2. The Morgan fingerprint density at radius 3 is 2.67 bits per heavy atom. The topological polar surface area (TPSA) is 92.4 Å². The lowest BCUT2D eigenvalue weighted by atomic mass is 10.1. The number of guanidine groups is 1. The average Bonchev–Trinajstić information content (AvgIpc) is 2.24. The highest BCUT2D eigenvalue weighted by Gasteiger charge is 2.13. The van der Waals surface area contributed by atoms with Gasteiger partial charge in [-0.05, 0) is 32.9 Å². The third-order valence-corrected chi connectivity index (χ3v) is 1.86. The van der Waals surface area contributed by atoms with Crippen LogP contribution in [0, 0.1) is 0 Å². The number of hydrogen-bond donors (Lipinski definition) is 3. The fourth-order valence-corrected chi connectivity index (χ4v) is 1.23. The standard InChI is InChI=1S/C12H19N5O/c1-12(2,3)17-11(16-10(13)18)15-8-9-6-4-5-7-14-9/h4-7H,8H2,1-3H3,(H4,13,15,16,17,18). The van der Waals surface area contributed by atoms with Crippen LogP contribution >= 0.6 is 0 Å². The van der Waals surface area contributed by atoms with Crippen molar-refractivity contribution in [1.29, 1.82) is 0 Å². The summed E-state index contributed by atoms with van der Waals surface area (Å²) in [5.41, 5.74) is 5.69. The smallest absolute Gasteiger partial charge is 0.318 e. The molecule has 0 bridgehead atoms. The number of carbonyl (C=O) groups excluding carboxylic acids is 1. The van der Waals surface area contributed by atoms with Gasteiger partial charge in [-0.3, -0.25) is 10.3 Å². The highest BCUT2D eigenvalue weighted by molar-refractivity contribution is 5.95. The van der Waals surface area contributed by atoms with E-state index in [0.29, 0.717) is 12.5 Å². The quantitative estimate of drug-likeness (QED) is 0.539. The minimum Gasteiger partial charge on any atom is -0.351 e. The van der Waals surface area contributed by atoms with E-state index in [1.54, 1.807) is 6.20 Å². The van der Waals surface area contributed by atoms with Crippen LogP contribution in [0.2, 0.25) is 0 Å². The second kappa shape index (κ2) is 6.00. The number of hydrogen-bond acceptors (Lipinski definition) is 3. The first-order valence-corrected chi connectivity index (χ1v) is 5.66. The summed E-state index contributed by atoms with van der Waals surface area (Å²) in [5, 5.41) is 5.52. The lowest BCUT2D eigenvalue weighted by molar-refractivity contribution is 0.252. The van der Waals surface area contributed by atoms with Gasteiger partial charge in [0.25, 0.3) is 0 Å². The van der Waals surface area contributed by atoms with Gasteiger partial charge in [0.2, 0.25) is 0 Å². The van der Waals surface area contributed by atoms with E-state index in [-0.39, 0.29) is 5.54 Å². The van der Waals surface area contributed by atoms with Crippen molar-refractivity contribution in [2.45, 2.75) is 32.9 Å². The molecule has 0 aliphatic carbocycles. The lowest BCUT2D eigenvalue weighted by Crippen LogP contribution is -2.50. The van der Waals surface area contributed by atoms with Gasteiger partial charge in [0.05, 0.1) is 12.2 Å². The van der Waals surface area contributed by atoms with Crippen molar-refractivity contribution < 1.29 is 4.79 Å². The largest absolute Gasteiger partial charge is 0.351 e. The molecule has 18 heavy (non-hydrogen) atoms. The molecule has 0 aliphatic heterocycles. The highest BCUT2D eigenvalue weighted by atomic mass is 16.2. The van der Waals surface area contributed by atoms with Gasteiger partial charge < -0.3 is 11.1 Å². The number of nitrogens with zero attached hydrogens (tertiary/aromatic N) is 2. The van der Waals surface area contributed by atoms with Crippen LogP contribution in [0.1, 0.15) is 26.5 Å². The second-order valence-corrected chi connectivity index (χ2v) is 4.85. The molecule has 0 aromatic carbocycles. The van der Waals surface area contributed by atoms with Crippen molar-refractivity contribution in [1.82, 2.24) is 15.6 Å². The number of amides is 2. The van der Waals surface area contributed by atoms with E-state index in [1.807, 2.05) is 39.0 Å². The van der Waals surface area contributed by atoms with E-state index in [0.717, 1.165) is 5.69 Å². The van der Waals surface area contributed by atoms with Crippen LogP contribution in [0.25, 0.3) is 0 Å². The SMILES string of the molecule is CC(C)(C)NC(=NCc1ccccn1)NC(N)=O. The van der Waals surface area contributed by atoms with Crippen LogP contribution in [0.4, 0.5) is 4.79 Å². The van der Waals surface area contributed by atoms with Crippen LogP contribution in [-0.2, 0) is 6.54 Å². The fourth-order valence-electron chi connectivity index (χ4n) is 1.23. The molecule has 1 rings (SSSR count). The molecule has 4 N–H and O–H groups in total. The molecule has 6 heteroatoms. The van der Waals surface area contributed by atoms with E-state index >= 15 is 0 Å². The van der Waals surface area contributed by atoms with E-state index in [1.165, 1.54) is 0 Å². The third kappa shape index (κ3) is 5.83. The molecule has 0 saturated carbocycles. The van der Waals surface area contributed by atoms with Crippen molar-refractivity contribution in [3.8, 4) is 0 Å². The Bertz CT molecular complexity index is 422. The van der Waals surface area contributed by atoms with E-state index in [2.05, 4.69) is 20.6 Å². The molecule has 6 nitrogen and oxygen atoms in total. The van der Waals surface area contributed by atoms with E-state index in [9.17, 15) is 4.79 Å². The number of aliphatic imine (C=N–C) groups is 1. The monoisotopic (exact) mass is 249 g/mol. The summed E-state index contributed by atoms with van der Waals surface area (Å²) in [4.78, 5) is 19.3. The first-order chi connectivity index (χ1) is 8.37. The summed E-state index contributed by atoms with van der Waals surface area (Å²) in [6.07, 6.45) is 1.70. The summed E-state index contributed by atoms with van der Waals surface area (Å²) in [7, 11) is 0. The minimum atomic E-state index is -0.647. The van der Waals surface area contributed by atoms with Gasteiger partial charge in [0.1, 0.15) is 0 Å². The maximum atomic E-state index is 10.9. The van der Waals surface area contributed by atoms with Crippen molar-refractivity contribution in [2.24, 2.45) is 10.7 Å². The number of aromatic nitrogens is 1. The van der Waals surface area contributed by atoms with Gasteiger partial charge in [-0.2, -0.15) is 0 Å². The number of nitrogens with two attached hydrogens (primary N) is 1. The average molecular weight is 249 g/mol. The molecular weight excluding hydrogens is 230 g/mol. The summed E-state index contributed by atoms with van der Waals surface area (Å²) in [6, 6.07) is 4.94. The maximum Gasteiger partial charge on any atom is 0.318 e. The normalized spacial score (nSPS) is 12.1. The summed E-state index contributed by atoms with van der Waals surface area (Å²) >= 11 is 0. The molecule has 0 saturated heterocycles. The minimum absolute atomic E-state index is 0.217. The Morgan fingerprint density at radius 2 is 2.17 bits per heavy atom. The fraction of sp³-hybridized carbons (Fsp3) is 0.417. The van der Waals surface area contributed by atoms with Gasteiger partial charge >= 0.3 is 6.03 Å². The molecule has 1 aromatic rings. The lowest BCUT2D eigenvalue weighted by Gasteiger charge is -2.23. The Morgan fingerprint density at radius 1 is 1.44 bits per heavy atom. The van der Waals surface area contributed by atoms with Gasteiger partial charge in [-0.1, -0.05) is 6.07 Å². The van der Waals surface area contributed by atoms with E-state index < -0.39 is 6.03 Å². The van der Waals surface area contributed by atoms with Crippen molar-refractivity contribution in [3.63, 3.8) is 0 Å². The zero-order valence-corrected chi connectivity index (χ0v) is 10.9. The Kier molecular flexibility index (Phi) is 4.65. The molecule has 1 aromatic heterocycles. The van der Waals surface area contributed by atoms with Gasteiger partial charge in [0.15, 0.2) is 5.96 Å². The predicted molar refractivity (Wildman–Crippen MR) is 71.0 cm³/mol. The molecule has 98 valence electrons. The van der Waals surface area contributed by atoms with Crippen LogP contribution in [-0.4, -0.2) is 22.5 Å². The molecule has 0 fully saturated rings. The predicted octanol–water partition coefficient (Wildman–Crippen LogP) is 0.994. The first-order valence-electron chi connectivity index (χ1n) is 5.66. The zero-order chi connectivity index (χ0) is 13.6. The van der Waals surface area contributed by atoms with Crippen LogP contribution in [0.15, 0.2) is 29.4 Å². The number of pyridine rings is 1. The molecule has 0 radical (unpaired) electrons. The summed E-state index contributed by atoms with van der Waals surface area (Å²) in [6.45, 7) is 6.27. The Labute approximate surface area is 107 Å². The number of primary amides is 1.